The van der Waals surface area contributed by atoms with E-state index in [1.807, 2.05) is 36.4 Å². The maximum absolute atomic E-state index is 8.35. The van der Waals surface area contributed by atoms with Crippen molar-refractivity contribution in [2.45, 2.75) is 0 Å². The Balaban J connectivity index is 2.37. The molecule has 0 saturated carbocycles. The van der Waals surface area contributed by atoms with Crippen molar-refractivity contribution in [1.29, 1.82) is 5.26 Å². The van der Waals surface area contributed by atoms with Crippen LogP contribution in [-0.4, -0.2) is 11.6 Å². The lowest BCUT2D eigenvalue weighted by molar-refractivity contribution is 0.367. The minimum atomic E-state index is 0.0556. The van der Waals surface area contributed by atoms with Gasteiger partial charge in [0.1, 0.15) is 11.8 Å². The molecule has 0 radical (unpaired) electrons. The lowest BCUT2D eigenvalue weighted by Crippen LogP contribution is -1.93. The highest BCUT2D eigenvalue weighted by Crippen LogP contribution is 2.17. The van der Waals surface area contributed by atoms with Crippen molar-refractivity contribution in [1.82, 2.24) is 4.98 Å². The third kappa shape index (κ3) is 1.64. The molecule has 1 aromatic heterocycles. The molecular formula is C11H8N2O. The van der Waals surface area contributed by atoms with Crippen molar-refractivity contribution < 1.29 is 4.74 Å². The molecule has 0 amide bonds. The maximum atomic E-state index is 8.35. The zero-order chi connectivity index (χ0) is 9.80. The predicted molar refractivity (Wildman–Crippen MR) is 52.9 cm³/mol. The summed E-state index contributed by atoms with van der Waals surface area (Å²) in [5, 5.41) is 9.36. The summed E-state index contributed by atoms with van der Waals surface area (Å²) in [6.07, 6.45) is 1.62. The SMILES string of the molecule is N#CCOc1cnc2ccccc2c1. The topological polar surface area (TPSA) is 45.9 Å². The van der Waals surface area contributed by atoms with Crippen LogP contribution in [0.3, 0.4) is 0 Å². The number of hydrogen-bond acceptors (Lipinski definition) is 3. The Bertz CT molecular complexity index is 488. The molecule has 3 heteroatoms. The second kappa shape index (κ2) is 3.75. The van der Waals surface area contributed by atoms with Gasteiger partial charge < -0.3 is 4.74 Å². The average Bonchev–Trinajstić information content (AvgIpc) is 2.26. The highest BCUT2D eigenvalue weighted by atomic mass is 16.5. The molecule has 14 heavy (non-hydrogen) atoms. The summed E-state index contributed by atoms with van der Waals surface area (Å²) in [7, 11) is 0. The molecule has 1 aromatic carbocycles. The van der Waals surface area contributed by atoms with Crippen LogP contribution in [0.1, 0.15) is 0 Å². The first-order valence-corrected chi connectivity index (χ1v) is 4.25. The van der Waals surface area contributed by atoms with E-state index in [0.29, 0.717) is 5.75 Å². The molecule has 1 heterocycles. The summed E-state index contributed by atoms with van der Waals surface area (Å²) in [6.45, 7) is 0.0556. The molecule has 0 N–H and O–H groups in total. The normalized spacial score (nSPS) is 9.64. The lowest BCUT2D eigenvalue weighted by atomic mass is 10.2. The van der Waals surface area contributed by atoms with Gasteiger partial charge in [0, 0.05) is 5.39 Å². The van der Waals surface area contributed by atoms with Crippen molar-refractivity contribution in [3.8, 4) is 11.8 Å². The number of aromatic nitrogens is 1. The lowest BCUT2D eigenvalue weighted by Gasteiger charge is -2.01. The quantitative estimate of drug-likeness (QED) is 0.718. The molecule has 2 aromatic rings. The van der Waals surface area contributed by atoms with Gasteiger partial charge in [0.15, 0.2) is 6.61 Å². The van der Waals surface area contributed by atoms with E-state index in [1.54, 1.807) is 6.20 Å². The zero-order valence-corrected chi connectivity index (χ0v) is 7.47. The first-order valence-electron chi connectivity index (χ1n) is 4.25. The van der Waals surface area contributed by atoms with E-state index in [0.717, 1.165) is 10.9 Å². The Hall–Kier alpha value is -2.08. The molecule has 3 nitrogen and oxygen atoms in total. The van der Waals surface area contributed by atoms with E-state index in [4.69, 9.17) is 10.00 Å². The van der Waals surface area contributed by atoms with Crippen LogP contribution in [0.4, 0.5) is 0 Å². The highest BCUT2D eigenvalue weighted by Gasteiger charge is 1.96. The monoisotopic (exact) mass is 184 g/mol. The third-order valence-electron chi connectivity index (χ3n) is 1.87. The number of nitrogens with zero attached hydrogens (tertiary/aromatic N) is 2. The fraction of sp³-hybridized carbons (Fsp3) is 0.0909. The second-order valence-electron chi connectivity index (χ2n) is 2.81. The molecule has 0 saturated heterocycles. The summed E-state index contributed by atoms with van der Waals surface area (Å²) in [4.78, 5) is 4.20. The summed E-state index contributed by atoms with van der Waals surface area (Å²) in [5.74, 6) is 0.630. The first kappa shape index (κ1) is 8.52. The number of ether oxygens (including phenoxy) is 1. The standard InChI is InChI=1S/C11H8N2O/c12-5-6-14-10-7-9-3-1-2-4-11(9)13-8-10/h1-4,7-8H,6H2. The predicted octanol–water partition coefficient (Wildman–Crippen LogP) is 2.14. The van der Waals surface area contributed by atoms with Crippen LogP contribution >= 0.6 is 0 Å². The average molecular weight is 184 g/mol. The number of fused-ring (bicyclic) bond motifs is 1. The fourth-order valence-corrected chi connectivity index (χ4v) is 1.25. The van der Waals surface area contributed by atoms with Crippen molar-refractivity contribution in [3.63, 3.8) is 0 Å². The summed E-state index contributed by atoms with van der Waals surface area (Å²) < 4.78 is 5.14. The Kier molecular flexibility index (Phi) is 2.28. The Morgan fingerprint density at radius 1 is 1.36 bits per heavy atom. The summed E-state index contributed by atoms with van der Waals surface area (Å²) >= 11 is 0. The molecule has 0 spiro atoms. The van der Waals surface area contributed by atoms with Gasteiger partial charge in [0.05, 0.1) is 11.7 Å². The molecule has 2 rings (SSSR count). The van der Waals surface area contributed by atoms with E-state index >= 15 is 0 Å². The number of rotatable bonds is 2. The molecule has 0 unspecified atom stereocenters. The highest BCUT2D eigenvalue weighted by molar-refractivity contribution is 5.79. The van der Waals surface area contributed by atoms with E-state index in [9.17, 15) is 0 Å². The van der Waals surface area contributed by atoms with Crippen LogP contribution in [0, 0.1) is 11.3 Å². The van der Waals surface area contributed by atoms with Crippen LogP contribution in [0.25, 0.3) is 10.9 Å². The third-order valence-corrected chi connectivity index (χ3v) is 1.87. The Morgan fingerprint density at radius 2 is 2.21 bits per heavy atom. The maximum Gasteiger partial charge on any atom is 0.174 e. The number of nitriles is 1. The van der Waals surface area contributed by atoms with E-state index in [-0.39, 0.29) is 6.61 Å². The number of benzene rings is 1. The van der Waals surface area contributed by atoms with Gasteiger partial charge in [-0.1, -0.05) is 18.2 Å². The molecule has 0 aliphatic carbocycles. The Labute approximate surface area is 81.6 Å². The molecule has 68 valence electrons. The molecule has 0 atom stereocenters. The molecular weight excluding hydrogens is 176 g/mol. The Morgan fingerprint density at radius 3 is 3.07 bits per heavy atom. The number of para-hydroxylation sites is 1. The van der Waals surface area contributed by atoms with Crippen LogP contribution < -0.4 is 4.74 Å². The summed E-state index contributed by atoms with van der Waals surface area (Å²) in [6, 6.07) is 11.6. The van der Waals surface area contributed by atoms with Crippen LogP contribution in [0.15, 0.2) is 36.5 Å². The van der Waals surface area contributed by atoms with Gasteiger partial charge >= 0.3 is 0 Å². The molecule has 0 fully saturated rings. The molecule has 0 aliphatic heterocycles. The molecule has 0 aliphatic rings. The van der Waals surface area contributed by atoms with Gasteiger partial charge in [-0.3, -0.25) is 4.98 Å². The van der Waals surface area contributed by atoms with Crippen LogP contribution in [0.5, 0.6) is 5.75 Å². The number of pyridine rings is 1. The van der Waals surface area contributed by atoms with Gasteiger partial charge in [0.25, 0.3) is 0 Å². The van der Waals surface area contributed by atoms with Gasteiger partial charge in [-0.05, 0) is 12.1 Å². The van der Waals surface area contributed by atoms with E-state index in [2.05, 4.69) is 4.98 Å². The second-order valence-corrected chi connectivity index (χ2v) is 2.81. The summed E-state index contributed by atoms with van der Waals surface area (Å²) in [5.41, 5.74) is 0.928. The van der Waals surface area contributed by atoms with Crippen molar-refractivity contribution in [2.24, 2.45) is 0 Å². The zero-order valence-electron chi connectivity index (χ0n) is 7.47. The van der Waals surface area contributed by atoms with Gasteiger partial charge in [0.2, 0.25) is 0 Å². The fourth-order valence-electron chi connectivity index (χ4n) is 1.25. The van der Waals surface area contributed by atoms with Crippen LogP contribution in [0.2, 0.25) is 0 Å². The van der Waals surface area contributed by atoms with Gasteiger partial charge in [-0.15, -0.1) is 0 Å². The smallest absolute Gasteiger partial charge is 0.174 e. The van der Waals surface area contributed by atoms with E-state index in [1.165, 1.54) is 0 Å². The van der Waals surface area contributed by atoms with Crippen molar-refractivity contribution in [3.05, 3.63) is 36.5 Å². The van der Waals surface area contributed by atoms with Gasteiger partial charge in [-0.2, -0.15) is 5.26 Å². The van der Waals surface area contributed by atoms with E-state index < -0.39 is 0 Å². The van der Waals surface area contributed by atoms with Gasteiger partial charge in [-0.25, -0.2) is 0 Å². The molecule has 0 bridgehead atoms. The first-order chi connectivity index (χ1) is 6.90. The minimum Gasteiger partial charge on any atom is -0.477 e. The largest absolute Gasteiger partial charge is 0.477 e. The van der Waals surface area contributed by atoms with Crippen molar-refractivity contribution in [2.75, 3.05) is 6.61 Å². The van der Waals surface area contributed by atoms with Crippen molar-refractivity contribution >= 4 is 10.9 Å². The van der Waals surface area contributed by atoms with Crippen LogP contribution in [-0.2, 0) is 0 Å². The number of hydrogen-bond donors (Lipinski definition) is 0. The minimum absolute atomic E-state index is 0.0556.